The van der Waals surface area contributed by atoms with E-state index in [1.54, 1.807) is 0 Å². The molecule has 1 heterocycles. The summed E-state index contributed by atoms with van der Waals surface area (Å²) in [5.74, 6) is -0.204. The van der Waals surface area contributed by atoms with Crippen molar-refractivity contribution >= 4 is 0 Å². The Morgan fingerprint density at radius 3 is 2.68 bits per heavy atom. The van der Waals surface area contributed by atoms with E-state index in [0.717, 1.165) is 44.6 Å². The van der Waals surface area contributed by atoms with Gasteiger partial charge >= 0.3 is 0 Å². The van der Waals surface area contributed by atoms with E-state index in [4.69, 9.17) is 0 Å². The van der Waals surface area contributed by atoms with Gasteiger partial charge in [-0.25, -0.2) is 4.39 Å². The van der Waals surface area contributed by atoms with E-state index >= 15 is 0 Å². The molecule has 0 bridgehead atoms. The first-order chi connectivity index (χ1) is 10.5. The molecule has 1 aromatic rings. The van der Waals surface area contributed by atoms with Crippen LogP contribution in [0.1, 0.15) is 18.4 Å². The molecule has 1 fully saturated rings. The largest absolute Gasteiger partial charge is 0.390 e. The number of hydrogen-bond acceptors (Lipinski definition) is 4. The van der Waals surface area contributed by atoms with Gasteiger partial charge in [-0.3, -0.25) is 4.90 Å². The number of likely N-dealkylation sites (tertiary alicyclic amines) is 1. The lowest BCUT2D eigenvalue weighted by Crippen LogP contribution is -2.52. The molecule has 0 aromatic heterocycles. The van der Waals surface area contributed by atoms with Gasteiger partial charge < -0.3 is 15.3 Å². The molecular weight excluding hydrogens is 281 g/mol. The number of halogens is 1. The van der Waals surface area contributed by atoms with Crippen LogP contribution < -0.4 is 5.32 Å². The molecule has 0 radical (unpaired) electrons. The number of benzene rings is 1. The summed E-state index contributed by atoms with van der Waals surface area (Å²) in [5, 5.41) is 13.8. The molecule has 1 aromatic carbocycles. The molecule has 2 rings (SSSR count). The van der Waals surface area contributed by atoms with E-state index in [2.05, 4.69) is 29.2 Å². The Labute approximate surface area is 132 Å². The molecule has 124 valence electrons. The second-order valence-corrected chi connectivity index (χ2v) is 6.44. The topological polar surface area (TPSA) is 38.7 Å². The predicted molar refractivity (Wildman–Crippen MR) is 87.3 cm³/mol. The number of aliphatic hydroxyl groups is 1. The maximum Gasteiger partial charge on any atom is 0.123 e. The fourth-order valence-electron chi connectivity index (χ4n) is 2.91. The summed E-state index contributed by atoms with van der Waals surface area (Å²) in [7, 11) is 4.14. The third-order valence-electron chi connectivity index (χ3n) is 4.17. The molecule has 5 heteroatoms. The summed E-state index contributed by atoms with van der Waals surface area (Å²) in [4.78, 5) is 4.40. The molecule has 4 nitrogen and oxygen atoms in total. The first-order valence-electron chi connectivity index (χ1n) is 8.07. The van der Waals surface area contributed by atoms with Crippen LogP contribution in [0.2, 0.25) is 0 Å². The van der Waals surface area contributed by atoms with E-state index in [1.807, 2.05) is 12.1 Å². The molecule has 1 aliphatic rings. The van der Waals surface area contributed by atoms with Crippen molar-refractivity contribution in [3.63, 3.8) is 0 Å². The molecule has 2 atom stereocenters. The zero-order chi connectivity index (χ0) is 15.9. The van der Waals surface area contributed by atoms with Crippen molar-refractivity contribution in [1.82, 2.24) is 15.1 Å². The van der Waals surface area contributed by atoms with Crippen LogP contribution in [-0.2, 0) is 6.54 Å². The van der Waals surface area contributed by atoms with Gasteiger partial charge in [-0.15, -0.1) is 0 Å². The minimum Gasteiger partial charge on any atom is -0.390 e. The Hall–Kier alpha value is -1.01. The van der Waals surface area contributed by atoms with Crippen LogP contribution in [0, 0.1) is 5.82 Å². The van der Waals surface area contributed by atoms with E-state index in [9.17, 15) is 9.50 Å². The van der Waals surface area contributed by atoms with Crippen LogP contribution in [0.25, 0.3) is 0 Å². The number of hydrogen-bond donors (Lipinski definition) is 2. The third kappa shape index (κ3) is 5.65. The fourth-order valence-corrected chi connectivity index (χ4v) is 2.91. The van der Waals surface area contributed by atoms with Crippen LogP contribution >= 0.6 is 0 Å². The quantitative estimate of drug-likeness (QED) is 0.745. The van der Waals surface area contributed by atoms with Crippen molar-refractivity contribution in [2.24, 2.45) is 0 Å². The fraction of sp³-hybridized carbons (Fsp3) is 0.647. The van der Waals surface area contributed by atoms with E-state index < -0.39 is 0 Å². The van der Waals surface area contributed by atoms with E-state index in [0.29, 0.717) is 6.54 Å². The molecular formula is C17H28FN3O. The second-order valence-electron chi connectivity index (χ2n) is 6.44. The maximum atomic E-state index is 12.9. The lowest BCUT2D eigenvalue weighted by molar-refractivity contribution is 0.0370. The predicted octanol–water partition coefficient (Wildman–Crippen LogP) is 1.30. The van der Waals surface area contributed by atoms with Crippen LogP contribution in [0.5, 0.6) is 0 Å². The average molecular weight is 309 g/mol. The average Bonchev–Trinajstić information content (AvgIpc) is 2.47. The summed E-state index contributed by atoms with van der Waals surface area (Å²) < 4.78 is 12.9. The minimum atomic E-state index is -0.339. The summed E-state index contributed by atoms with van der Waals surface area (Å²) in [6.07, 6.45) is 1.70. The van der Waals surface area contributed by atoms with Crippen LogP contribution in [0.15, 0.2) is 24.3 Å². The number of piperidine rings is 1. The highest BCUT2D eigenvalue weighted by molar-refractivity contribution is 5.16. The molecule has 1 aliphatic heterocycles. The molecule has 0 aliphatic carbocycles. The van der Waals surface area contributed by atoms with Crippen molar-refractivity contribution in [3.8, 4) is 0 Å². The highest BCUT2D eigenvalue weighted by Crippen LogP contribution is 2.15. The van der Waals surface area contributed by atoms with E-state index in [-0.39, 0.29) is 18.0 Å². The van der Waals surface area contributed by atoms with Gasteiger partial charge in [0, 0.05) is 25.7 Å². The molecule has 22 heavy (non-hydrogen) atoms. The normalized spacial score (nSPS) is 23.1. The Morgan fingerprint density at radius 2 is 2.05 bits per heavy atom. The zero-order valence-corrected chi connectivity index (χ0v) is 13.6. The van der Waals surface area contributed by atoms with Crippen LogP contribution in [0.3, 0.4) is 0 Å². The number of aliphatic hydroxyl groups excluding tert-OH is 1. The van der Waals surface area contributed by atoms with Crippen molar-refractivity contribution in [3.05, 3.63) is 35.6 Å². The van der Waals surface area contributed by atoms with Crippen LogP contribution in [0.4, 0.5) is 4.39 Å². The van der Waals surface area contributed by atoms with Crippen molar-refractivity contribution in [2.45, 2.75) is 31.5 Å². The van der Waals surface area contributed by atoms with Gasteiger partial charge in [0.05, 0.1) is 6.10 Å². The molecule has 2 N–H and O–H groups in total. The third-order valence-corrected chi connectivity index (χ3v) is 4.17. The first kappa shape index (κ1) is 17.3. The van der Waals surface area contributed by atoms with Gasteiger partial charge in [0.25, 0.3) is 0 Å². The SMILES string of the molecule is CN(C)CCCN[C@@H]1CCN(Cc2ccc(F)cc2)C[C@H]1O. The molecule has 0 saturated carbocycles. The molecule has 0 spiro atoms. The second kappa shape index (κ2) is 8.58. The Kier molecular flexibility index (Phi) is 6.76. The van der Waals surface area contributed by atoms with Crippen LogP contribution in [-0.4, -0.2) is 67.3 Å². The monoisotopic (exact) mass is 309 g/mol. The number of β-amino-alcohol motifs (C(OH)–C–C–N with tert-alkyl or cyclic N) is 1. The summed E-state index contributed by atoms with van der Waals surface area (Å²) in [5.41, 5.74) is 1.09. The standard InChI is InChI=1S/C17H28FN3O/c1-20(2)10-3-9-19-16-8-11-21(13-17(16)22)12-14-4-6-15(18)7-5-14/h4-7,16-17,19,22H,3,8-13H2,1-2H3/t16-,17-/m1/s1. The maximum absolute atomic E-state index is 12.9. The zero-order valence-electron chi connectivity index (χ0n) is 13.6. The highest BCUT2D eigenvalue weighted by Gasteiger charge is 2.26. The van der Waals surface area contributed by atoms with Crippen molar-refractivity contribution in [1.29, 1.82) is 0 Å². The Bertz CT molecular complexity index is 438. The first-order valence-corrected chi connectivity index (χ1v) is 8.07. The molecule has 0 amide bonds. The molecule has 0 unspecified atom stereocenters. The Morgan fingerprint density at radius 1 is 1.32 bits per heavy atom. The summed E-state index contributed by atoms with van der Waals surface area (Å²) in [6.45, 7) is 4.40. The van der Waals surface area contributed by atoms with Gasteiger partial charge in [0.2, 0.25) is 0 Å². The van der Waals surface area contributed by atoms with Gasteiger partial charge in [-0.2, -0.15) is 0 Å². The number of rotatable bonds is 7. The highest BCUT2D eigenvalue weighted by atomic mass is 19.1. The smallest absolute Gasteiger partial charge is 0.123 e. The van der Waals surface area contributed by atoms with Gasteiger partial charge in [-0.1, -0.05) is 12.1 Å². The number of nitrogens with zero attached hydrogens (tertiary/aromatic N) is 2. The van der Waals surface area contributed by atoms with Gasteiger partial charge in [0.1, 0.15) is 5.82 Å². The van der Waals surface area contributed by atoms with E-state index in [1.165, 1.54) is 12.1 Å². The minimum absolute atomic E-state index is 0.187. The summed E-state index contributed by atoms with van der Waals surface area (Å²) >= 11 is 0. The van der Waals surface area contributed by atoms with Gasteiger partial charge in [0.15, 0.2) is 0 Å². The molecule has 1 saturated heterocycles. The van der Waals surface area contributed by atoms with Gasteiger partial charge in [-0.05, 0) is 57.7 Å². The number of nitrogens with one attached hydrogen (secondary N) is 1. The lowest BCUT2D eigenvalue weighted by Gasteiger charge is -2.36. The Balaban J connectivity index is 1.71. The van der Waals surface area contributed by atoms with Crippen molar-refractivity contribution in [2.75, 3.05) is 40.3 Å². The lowest BCUT2D eigenvalue weighted by atomic mass is 10.0. The summed E-state index contributed by atoms with van der Waals surface area (Å²) in [6, 6.07) is 6.79. The van der Waals surface area contributed by atoms with Crippen molar-refractivity contribution < 1.29 is 9.50 Å².